The van der Waals surface area contributed by atoms with Crippen molar-refractivity contribution in [1.82, 2.24) is 20.2 Å². The van der Waals surface area contributed by atoms with Crippen molar-refractivity contribution in [3.63, 3.8) is 0 Å². The van der Waals surface area contributed by atoms with E-state index < -0.39 is 18.1 Å². The predicted octanol–water partition coefficient (Wildman–Crippen LogP) is -0.279. The van der Waals surface area contributed by atoms with Crippen molar-refractivity contribution in [3.05, 3.63) is 18.2 Å². The van der Waals surface area contributed by atoms with E-state index in [4.69, 9.17) is 9.84 Å². The summed E-state index contributed by atoms with van der Waals surface area (Å²) < 4.78 is 6.99. The molecule has 1 aromatic rings. The molecule has 1 aliphatic rings. The second kappa shape index (κ2) is 11.1. The van der Waals surface area contributed by atoms with Crippen molar-refractivity contribution >= 4 is 5.97 Å². The highest BCUT2D eigenvalue weighted by atomic mass is 16.5. The van der Waals surface area contributed by atoms with E-state index in [0.29, 0.717) is 6.42 Å². The summed E-state index contributed by atoms with van der Waals surface area (Å²) in [5, 5.41) is 24.8. The molecule has 1 aromatic heterocycles. The Kier molecular flexibility index (Phi) is 9.55. The maximum absolute atomic E-state index is 11.0. The molecule has 8 nitrogen and oxygen atoms in total. The third-order valence-corrected chi connectivity index (χ3v) is 3.99. The molecule has 24 heavy (non-hydrogen) atoms. The number of nitrogens with zero attached hydrogens (tertiary/aromatic N) is 2. The number of hydrogen-bond acceptors (Lipinski definition) is 6. The van der Waals surface area contributed by atoms with E-state index in [2.05, 4.69) is 15.6 Å². The lowest BCUT2D eigenvalue weighted by Gasteiger charge is -2.24. The highest BCUT2D eigenvalue weighted by Crippen LogP contribution is 2.14. The van der Waals surface area contributed by atoms with E-state index in [1.54, 1.807) is 6.20 Å². The third-order valence-electron chi connectivity index (χ3n) is 3.99. The molecule has 0 bridgehead atoms. The molecule has 0 amide bonds. The normalized spacial score (nSPS) is 18.2. The number of aliphatic carboxylic acids is 1. The predicted molar refractivity (Wildman–Crippen MR) is 90.9 cm³/mol. The van der Waals surface area contributed by atoms with Crippen molar-refractivity contribution in [2.45, 2.75) is 39.0 Å². The molecule has 8 heteroatoms. The van der Waals surface area contributed by atoms with Gasteiger partial charge in [0.1, 0.15) is 11.9 Å². The second-order valence-electron chi connectivity index (χ2n) is 5.77. The van der Waals surface area contributed by atoms with Gasteiger partial charge in [0.2, 0.25) is 0 Å². The van der Waals surface area contributed by atoms with Gasteiger partial charge in [-0.3, -0.25) is 4.79 Å². The molecule has 2 heterocycles. The SMILES string of the molecule is C1COCCN1.CCn1ccnc1C[C@@H](C)[C@@H](O)[C@H](NC)C(=O)O. The Hall–Kier alpha value is -1.48. The number of morpholine rings is 1. The topological polar surface area (TPSA) is 109 Å². The molecule has 138 valence electrons. The van der Waals surface area contributed by atoms with Crippen LogP contribution in [0.5, 0.6) is 0 Å². The van der Waals surface area contributed by atoms with Gasteiger partial charge in [-0.1, -0.05) is 6.92 Å². The lowest BCUT2D eigenvalue weighted by atomic mass is 9.94. The van der Waals surface area contributed by atoms with Crippen LogP contribution >= 0.6 is 0 Å². The fourth-order valence-corrected chi connectivity index (χ4v) is 2.51. The summed E-state index contributed by atoms with van der Waals surface area (Å²) in [5.74, 6) is -0.369. The van der Waals surface area contributed by atoms with Crippen LogP contribution in [-0.2, 0) is 22.5 Å². The Bertz CT molecular complexity index is 465. The van der Waals surface area contributed by atoms with Gasteiger partial charge in [0.15, 0.2) is 0 Å². The molecule has 0 radical (unpaired) electrons. The van der Waals surface area contributed by atoms with E-state index in [1.165, 1.54) is 7.05 Å². The summed E-state index contributed by atoms with van der Waals surface area (Å²) in [6, 6.07) is -0.954. The zero-order valence-electron chi connectivity index (χ0n) is 14.7. The summed E-state index contributed by atoms with van der Waals surface area (Å²) in [6.07, 6.45) is 3.19. The number of likely N-dealkylation sites (N-methyl/N-ethyl adjacent to an activating group) is 1. The summed E-state index contributed by atoms with van der Waals surface area (Å²) in [4.78, 5) is 15.2. The van der Waals surface area contributed by atoms with Crippen LogP contribution in [0.1, 0.15) is 19.7 Å². The van der Waals surface area contributed by atoms with Gasteiger partial charge in [-0.05, 0) is 19.9 Å². The number of aliphatic hydroxyl groups excluding tert-OH is 1. The van der Waals surface area contributed by atoms with Crippen LogP contribution in [-0.4, -0.2) is 71.2 Å². The van der Waals surface area contributed by atoms with Crippen LogP contribution in [0.4, 0.5) is 0 Å². The van der Waals surface area contributed by atoms with Crippen LogP contribution in [0.25, 0.3) is 0 Å². The first-order valence-corrected chi connectivity index (χ1v) is 8.37. The minimum atomic E-state index is -1.05. The van der Waals surface area contributed by atoms with Crippen LogP contribution in [0.3, 0.4) is 0 Å². The van der Waals surface area contributed by atoms with Crippen molar-refractivity contribution < 1.29 is 19.7 Å². The van der Waals surface area contributed by atoms with E-state index in [1.807, 2.05) is 24.6 Å². The highest BCUT2D eigenvalue weighted by molar-refractivity contribution is 5.74. The summed E-state index contributed by atoms with van der Waals surface area (Å²) in [6.45, 7) is 8.49. The number of rotatable bonds is 7. The van der Waals surface area contributed by atoms with Gasteiger partial charge in [-0.25, -0.2) is 4.98 Å². The number of aliphatic hydroxyl groups is 1. The monoisotopic (exact) mass is 342 g/mol. The Morgan fingerprint density at radius 3 is 2.58 bits per heavy atom. The minimum absolute atomic E-state index is 0.189. The minimum Gasteiger partial charge on any atom is -0.480 e. The zero-order chi connectivity index (χ0) is 17.9. The van der Waals surface area contributed by atoms with Crippen LogP contribution in [0.2, 0.25) is 0 Å². The van der Waals surface area contributed by atoms with Crippen molar-refractivity contribution in [2.24, 2.45) is 5.92 Å². The molecular weight excluding hydrogens is 312 g/mol. The van der Waals surface area contributed by atoms with Gasteiger partial charge in [0.25, 0.3) is 0 Å². The molecule has 0 aliphatic carbocycles. The van der Waals surface area contributed by atoms with Gasteiger partial charge in [0.05, 0.1) is 19.3 Å². The maximum atomic E-state index is 11.0. The molecular formula is C16H30N4O4. The molecule has 0 saturated carbocycles. The Labute approximate surface area is 143 Å². The standard InChI is InChI=1S/C12H21N3O3.C4H9NO/c1-4-15-6-5-14-9(15)7-8(2)11(16)10(13-3)12(17)18;1-3-6-4-2-5-1/h5-6,8,10-11,13,16H,4,7H2,1-3H3,(H,17,18);5H,1-4H2/t8-,10+,11-;/m1./s1. The molecule has 4 N–H and O–H groups in total. The van der Waals surface area contributed by atoms with E-state index >= 15 is 0 Å². The smallest absolute Gasteiger partial charge is 0.323 e. The number of carboxylic acid groups (broad SMARTS) is 1. The fourth-order valence-electron chi connectivity index (χ4n) is 2.51. The number of ether oxygens (including phenoxy) is 1. The molecule has 0 spiro atoms. The van der Waals surface area contributed by atoms with Crippen molar-refractivity contribution in [2.75, 3.05) is 33.4 Å². The summed E-state index contributed by atoms with van der Waals surface area (Å²) in [5.41, 5.74) is 0. The number of imidazole rings is 1. The molecule has 1 fully saturated rings. The second-order valence-corrected chi connectivity index (χ2v) is 5.77. The van der Waals surface area contributed by atoms with Crippen molar-refractivity contribution in [3.8, 4) is 0 Å². The zero-order valence-corrected chi connectivity index (χ0v) is 14.7. The first-order valence-electron chi connectivity index (χ1n) is 8.37. The lowest BCUT2D eigenvalue weighted by Crippen LogP contribution is -2.47. The summed E-state index contributed by atoms with van der Waals surface area (Å²) >= 11 is 0. The molecule has 1 saturated heterocycles. The van der Waals surface area contributed by atoms with Gasteiger partial charge >= 0.3 is 5.97 Å². The number of carboxylic acids is 1. The largest absolute Gasteiger partial charge is 0.480 e. The van der Waals surface area contributed by atoms with Crippen molar-refractivity contribution in [1.29, 1.82) is 0 Å². The average Bonchev–Trinajstić information content (AvgIpc) is 3.04. The van der Waals surface area contributed by atoms with Gasteiger partial charge < -0.3 is 30.2 Å². The van der Waals surface area contributed by atoms with E-state index in [9.17, 15) is 9.90 Å². The first kappa shape index (κ1) is 20.6. The molecule has 1 aliphatic heterocycles. The van der Waals surface area contributed by atoms with E-state index in [-0.39, 0.29) is 5.92 Å². The Morgan fingerprint density at radius 2 is 2.17 bits per heavy atom. The average molecular weight is 342 g/mol. The molecule has 0 unspecified atom stereocenters. The Morgan fingerprint density at radius 1 is 1.50 bits per heavy atom. The number of carbonyl (C=O) groups is 1. The Balaban J connectivity index is 0.000000400. The maximum Gasteiger partial charge on any atom is 0.323 e. The third kappa shape index (κ3) is 6.56. The number of hydrogen-bond donors (Lipinski definition) is 4. The van der Waals surface area contributed by atoms with Gasteiger partial charge in [0, 0.05) is 38.4 Å². The summed E-state index contributed by atoms with van der Waals surface area (Å²) in [7, 11) is 1.53. The highest BCUT2D eigenvalue weighted by Gasteiger charge is 2.29. The molecule has 0 aromatic carbocycles. The number of aryl methyl sites for hydroxylation is 1. The number of nitrogens with one attached hydrogen (secondary N) is 2. The van der Waals surface area contributed by atoms with Crippen LogP contribution in [0.15, 0.2) is 12.4 Å². The first-order chi connectivity index (χ1) is 11.5. The molecule has 3 atom stereocenters. The number of aromatic nitrogens is 2. The van der Waals surface area contributed by atoms with Gasteiger partial charge in [-0.2, -0.15) is 0 Å². The van der Waals surface area contributed by atoms with Crippen LogP contribution in [0, 0.1) is 5.92 Å². The molecule has 2 rings (SSSR count). The quantitative estimate of drug-likeness (QED) is 0.540. The van der Waals surface area contributed by atoms with Crippen LogP contribution < -0.4 is 10.6 Å². The fraction of sp³-hybridized carbons (Fsp3) is 0.750. The van der Waals surface area contributed by atoms with E-state index in [0.717, 1.165) is 38.7 Å². The van der Waals surface area contributed by atoms with Gasteiger partial charge in [-0.15, -0.1) is 0 Å². The lowest BCUT2D eigenvalue weighted by molar-refractivity contribution is -0.143.